The molecule has 0 fully saturated rings. The number of hydrogen-bond acceptors (Lipinski definition) is 6. The zero-order valence-corrected chi connectivity index (χ0v) is 18.9. The quantitative estimate of drug-likeness (QED) is 0.191. The largest absolute Gasteiger partial charge is 1.00 e. The van der Waals surface area contributed by atoms with Crippen molar-refractivity contribution in [3.8, 4) is 0 Å². The van der Waals surface area contributed by atoms with Crippen molar-refractivity contribution in [1.29, 1.82) is 0 Å². The van der Waals surface area contributed by atoms with Crippen molar-refractivity contribution in [2.75, 3.05) is 34.5 Å². The molecular formula is C6H17Na2O9S4+. The van der Waals surface area contributed by atoms with E-state index in [2.05, 4.69) is 0 Å². The van der Waals surface area contributed by atoms with E-state index >= 15 is 0 Å². The first kappa shape index (κ1) is 27.9. The Hall–Kier alpha value is 2.08. The topological polar surface area (TPSA) is 163 Å². The van der Waals surface area contributed by atoms with Gasteiger partial charge in [-0.1, -0.05) is 0 Å². The summed E-state index contributed by atoms with van der Waals surface area (Å²) in [5, 5.41) is 0. The van der Waals surface area contributed by atoms with Crippen LogP contribution in [0.3, 0.4) is 0 Å². The minimum Gasteiger partial charge on any atom is -1.00 e. The zero-order valence-electron chi connectivity index (χ0n) is 13.7. The molecule has 0 unspecified atom stereocenters. The Kier molecular flexibility index (Phi) is 15.4. The second-order valence-corrected chi connectivity index (χ2v) is 10.7. The Balaban J connectivity index is -0.000000270. The van der Waals surface area contributed by atoms with Crippen LogP contribution < -0.4 is 59.1 Å². The number of hydrogen-bond donors (Lipinski definition) is 3. The fourth-order valence-electron chi connectivity index (χ4n) is 0.976. The van der Waals surface area contributed by atoms with E-state index in [9.17, 15) is 25.3 Å². The van der Waals surface area contributed by atoms with Gasteiger partial charge < -0.3 is 2.85 Å². The monoisotopic (exact) mass is 407 g/mol. The van der Waals surface area contributed by atoms with Crippen LogP contribution in [0.1, 0.15) is 2.85 Å². The van der Waals surface area contributed by atoms with Crippen molar-refractivity contribution in [2.24, 2.45) is 0 Å². The first-order valence-corrected chi connectivity index (χ1v) is 11.3. The van der Waals surface area contributed by atoms with Gasteiger partial charge in [-0.15, -0.1) is 0 Å². The van der Waals surface area contributed by atoms with E-state index in [1.807, 2.05) is 0 Å². The van der Waals surface area contributed by atoms with Crippen LogP contribution in [0.15, 0.2) is 0 Å². The van der Waals surface area contributed by atoms with Crippen molar-refractivity contribution >= 4 is 41.2 Å². The maximum absolute atomic E-state index is 10.6. The van der Waals surface area contributed by atoms with E-state index in [1.165, 1.54) is 0 Å². The summed E-state index contributed by atoms with van der Waals surface area (Å²) in [4.78, 5) is 0. The summed E-state index contributed by atoms with van der Waals surface area (Å²) in [5.74, 6) is -2.38. The van der Waals surface area contributed by atoms with Gasteiger partial charge in [-0.3, -0.25) is 13.7 Å². The van der Waals surface area contributed by atoms with Crippen LogP contribution in [0.5, 0.6) is 0 Å². The summed E-state index contributed by atoms with van der Waals surface area (Å²) in [6, 6.07) is 0. The third kappa shape index (κ3) is 22.1. The molecule has 120 valence electrons. The molecule has 0 aliphatic rings. The van der Waals surface area contributed by atoms with Gasteiger partial charge in [0.15, 0.2) is 0 Å². The second-order valence-electron chi connectivity index (χ2n) is 3.58. The van der Waals surface area contributed by atoms with Gasteiger partial charge in [-0.2, -0.15) is 25.3 Å². The van der Waals surface area contributed by atoms with Gasteiger partial charge in [0.05, 0.1) is 0 Å². The summed E-state index contributed by atoms with van der Waals surface area (Å²) >= 11 is 0. The van der Waals surface area contributed by atoms with Crippen molar-refractivity contribution < 1.29 is 101 Å². The van der Waals surface area contributed by atoms with Crippen molar-refractivity contribution in [3.05, 3.63) is 0 Å². The van der Waals surface area contributed by atoms with E-state index in [4.69, 9.17) is 13.7 Å². The average Bonchev–Trinajstić information content (AvgIpc) is 2.11. The summed E-state index contributed by atoms with van der Waals surface area (Å²) < 4.78 is 89.1. The third-order valence-electron chi connectivity index (χ3n) is 1.89. The molecule has 0 atom stereocenters. The Morgan fingerprint density at radius 2 is 0.810 bits per heavy atom. The molecule has 3 N–H and O–H groups in total. The molecule has 0 bridgehead atoms. The molecule has 0 rings (SSSR count). The Bertz CT molecular complexity index is 506. The molecule has 0 amide bonds. The molecule has 9 nitrogen and oxygen atoms in total. The molecule has 0 aliphatic carbocycles. The Morgan fingerprint density at radius 3 is 0.952 bits per heavy atom. The van der Waals surface area contributed by atoms with E-state index < -0.39 is 58.5 Å². The average molecular weight is 407 g/mol. The van der Waals surface area contributed by atoms with Gasteiger partial charge in [-0.25, -0.2) is 0 Å². The molecule has 0 aromatic heterocycles. The third-order valence-corrected chi connectivity index (χ3v) is 7.17. The minimum atomic E-state index is -4.24. The van der Waals surface area contributed by atoms with Crippen LogP contribution in [0, 0.1) is 0 Å². The van der Waals surface area contributed by atoms with E-state index in [0.29, 0.717) is 0 Å². The summed E-state index contributed by atoms with van der Waals surface area (Å²) in [6.45, 7) is 0. The maximum Gasteiger partial charge on any atom is 1.00 e. The van der Waals surface area contributed by atoms with Crippen LogP contribution in [-0.4, -0.2) is 73.4 Å². The molecule has 21 heavy (non-hydrogen) atoms. The van der Waals surface area contributed by atoms with Crippen LogP contribution in [0.2, 0.25) is 0 Å². The minimum absolute atomic E-state index is 0. The van der Waals surface area contributed by atoms with Gasteiger partial charge in [0.25, 0.3) is 30.4 Å². The SMILES string of the molecule is O=S(=O)(O)CC[S+](CCS(=O)(=O)O)CCS(=O)(=O)O.[H-].[H-].[Na+].[Na+]. The molecule has 0 aromatic carbocycles. The molecule has 0 radical (unpaired) electrons. The van der Waals surface area contributed by atoms with Crippen molar-refractivity contribution in [2.45, 2.75) is 0 Å². The summed E-state index contributed by atoms with van der Waals surface area (Å²) in [7, 11) is -13.7. The molecule has 0 aromatic rings. The van der Waals surface area contributed by atoms with Crippen molar-refractivity contribution in [1.82, 2.24) is 0 Å². The maximum atomic E-state index is 10.6. The van der Waals surface area contributed by atoms with E-state index in [0.717, 1.165) is 0 Å². The Morgan fingerprint density at radius 1 is 0.619 bits per heavy atom. The zero-order chi connectivity index (χ0) is 15.3. The Labute approximate surface area is 174 Å². The van der Waals surface area contributed by atoms with Gasteiger partial charge >= 0.3 is 59.1 Å². The van der Waals surface area contributed by atoms with E-state index in [-0.39, 0.29) is 79.2 Å². The summed E-state index contributed by atoms with van der Waals surface area (Å²) in [6.07, 6.45) is 0. The predicted molar refractivity (Wildman–Crippen MR) is 73.4 cm³/mol. The molecule has 0 heterocycles. The first-order chi connectivity index (χ1) is 8.29. The van der Waals surface area contributed by atoms with Gasteiger partial charge in [0.1, 0.15) is 34.5 Å². The van der Waals surface area contributed by atoms with Gasteiger partial charge in [0.2, 0.25) is 0 Å². The predicted octanol–water partition coefficient (Wildman–Crippen LogP) is -7.50. The summed E-state index contributed by atoms with van der Waals surface area (Å²) in [5.41, 5.74) is 0. The van der Waals surface area contributed by atoms with Crippen molar-refractivity contribution in [3.63, 3.8) is 0 Å². The fraction of sp³-hybridized carbons (Fsp3) is 1.00. The fourth-order valence-corrected chi connectivity index (χ4v) is 6.94. The number of rotatable bonds is 9. The molecule has 0 spiro atoms. The van der Waals surface area contributed by atoms with E-state index in [1.54, 1.807) is 0 Å². The van der Waals surface area contributed by atoms with Crippen LogP contribution >= 0.6 is 0 Å². The molecular weight excluding hydrogens is 390 g/mol. The molecule has 0 saturated carbocycles. The first-order valence-electron chi connectivity index (χ1n) is 4.78. The van der Waals surface area contributed by atoms with Crippen LogP contribution in [-0.2, 0) is 41.2 Å². The molecule has 0 saturated heterocycles. The normalized spacial score (nSPS) is 12.6. The van der Waals surface area contributed by atoms with Gasteiger partial charge in [0, 0.05) is 0 Å². The molecule has 15 heteroatoms. The van der Waals surface area contributed by atoms with Gasteiger partial charge in [-0.05, 0) is 10.9 Å². The standard InChI is InChI=1S/C6H14O9S4.2Na.2H/c7-17(8,9)4-1-16(2-5-18(10,11)12)3-6-19(13,14)15;;;;/h1-6H2,(H2-,7,8,9,10,11,12,13,14,15);;;;/q;2*+1;2*-1/p+1. The second kappa shape index (κ2) is 11.6. The van der Waals surface area contributed by atoms with Crippen LogP contribution in [0.25, 0.3) is 0 Å². The molecule has 0 aliphatic heterocycles. The van der Waals surface area contributed by atoms with Crippen LogP contribution in [0.4, 0.5) is 0 Å². The smallest absolute Gasteiger partial charge is 1.00 e.